The van der Waals surface area contributed by atoms with Crippen LogP contribution in [0.4, 0.5) is 24.7 Å². The first-order valence-corrected chi connectivity index (χ1v) is 11.9. The molecule has 0 saturated carbocycles. The molecule has 6 heterocycles. The maximum atomic E-state index is 14.3. The average molecular weight is 503 g/mol. The van der Waals surface area contributed by atoms with Gasteiger partial charge >= 0.3 is 6.18 Å². The van der Waals surface area contributed by atoms with Crippen molar-refractivity contribution in [3.05, 3.63) is 24.0 Å². The molecule has 3 aromatic heterocycles. The SMILES string of the molecule is COC1CCN(c2cc(N3C4CCC3COC4)nc3c2c(C#N)nn3-c2ccn[nH]2)[C@H](C(F)(F)F)C1. The summed E-state index contributed by atoms with van der Waals surface area (Å²) in [5, 5.41) is 21.4. The quantitative estimate of drug-likeness (QED) is 0.580. The summed E-state index contributed by atoms with van der Waals surface area (Å²) in [6, 6.07) is 3.86. The zero-order valence-electron chi connectivity index (χ0n) is 19.6. The first kappa shape index (κ1) is 23.1. The number of aromatic nitrogens is 5. The number of rotatable bonds is 4. The van der Waals surface area contributed by atoms with Crippen molar-refractivity contribution in [3.8, 4) is 11.9 Å². The monoisotopic (exact) mass is 502 g/mol. The van der Waals surface area contributed by atoms with Crippen molar-refractivity contribution < 1.29 is 22.6 Å². The Labute approximate surface area is 204 Å². The number of piperidine rings is 1. The molecule has 0 amide bonds. The van der Waals surface area contributed by atoms with Gasteiger partial charge in [0.2, 0.25) is 0 Å². The number of morpholine rings is 1. The molecule has 3 aliphatic rings. The minimum atomic E-state index is -4.49. The van der Waals surface area contributed by atoms with E-state index in [2.05, 4.69) is 26.3 Å². The standard InChI is InChI=1S/C23H25F3N8O2/c1-35-15-5-7-32(18(8-15)23(24,25)26)17-9-20(33-13-2-3-14(33)12-36-11-13)29-22-21(17)16(10-27)31-34(22)19-4-6-28-30-19/h4,6,9,13-15,18H,2-3,5,7-8,11-12H2,1H3,(H,28,30)/t13?,14?,15?,18-/m0/s1. The molecular weight excluding hydrogens is 477 g/mol. The van der Waals surface area contributed by atoms with Crippen LogP contribution in [0, 0.1) is 11.3 Å². The van der Waals surface area contributed by atoms with E-state index >= 15 is 0 Å². The number of hydrogen-bond acceptors (Lipinski definition) is 8. The van der Waals surface area contributed by atoms with Crippen molar-refractivity contribution in [1.82, 2.24) is 25.0 Å². The van der Waals surface area contributed by atoms with E-state index in [0.29, 0.717) is 48.0 Å². The van der Waals surface area contributed by atoms with E-state index in [4.69, 9.17) is 14.5 Å². The van der Waals surface area contributed by atoms with Crippen LogP contribution in [0.1, 0.15) is 31.4 Å². The zero-order chi connectivity index (χ0) is 25.0. The molecule has 3 aromatic rings. The van der Waals surface area contributed by atoms with Crippen LogP contribution < -0.4 is 9.80 Å². The predicted molar refractivity (Wildman–Crippen MR) is 123 cm³/mol. The van der Waals surface area contributed by atoms with E-state index in [0.717, 1.165) is 12.8 Å². The molecule has 3 aliphatic heterocycles. The van der Waals surface area contributed by atoms with Gasteiger partial charge in [0.1, 0.15) is 17.9 Å². The van der Waals surface area contributed by atoms with E-state index < -0.39 is 18.3 Å². The van der Waals surface area contributed by atoms with E-state index in [1.54, 1.807) is 12.1 Å². The molecule has 6 rings (SSSR count). The van der Waals surface area contributed by atoms with E-state index in [9.17, 15) is 18.4 Å². The third-order valence-corrected chi connectivity index (χ3v) is 7.50. The van der Waals surface area contributed by atoms with Crippen LogP contribution in [0.5, 0.6) is 0 Å². The third kappa shape index (κ3) is 3.67. The number of hydrogen-bond donors (Lipinski definition) is 1. The summed E-state index contributed by atoms with van der Waals surface area (Å²) >= 11 is 0. The van der Waals surface area contributed by atoms with Gasteiger partial charge in [-0.25, -0.2) is 4.98 Å². The maximum absolute atomic E-state index is 14.3. The number of fused-ring (bicyclic) bond motifs is 3. The van der Waals surface area contributed by atoms with Gasteiger partial charge in [-0.3, -0.25) is 5.10 Å². The molecule has 0 spiro atoms. The first-order valence-electron chi connectivity index (χ1n) is 11.9. The molecular formula is C23H25F3N8O2. The predicted octanol–water partition coefficient (Wildman–Crippen LogP) is 2.93. The lowest BCUT2D eigenvalue weighted by molar-refractivity contribution is -0.160. The number of anilines is 2. The number of methoxy groups -OCH3 is 1. The third-order valence-electron chi connectivity index (χ3n) is 7.50. The largest absolute Gasteiger partial charge is 0.408 e. The Morgan fingerprint density at radius 2 is 2.00 bits per heavy atom. The molecule has 3 unspecified atom stereocenters. The zero-order valence-corrected chi connectivity index (χ0v) is 19.6. The van der Waals surface area contributed by atoms with E-state index in [1.165, 1.54) is 22.9 Å². The highest BCUT2D eigenvalue weighted by atomic mass is 19.4. The van der Waals surface area contributed by atoms with Crippen molar-refractivity contribution in [2.45, 2.75) is 56.1 Å². The van der Waals surface area contributed by atoms with E-state index in [1.807, 2.05) is 0 Å². The lowest BCUT2D eigenvalue weighted by Crippen LogP contribution is -2.53. The summed E-state index contributed by atoms with van der Waals surface area (Å²) in [7, 11) is 1.44. The van der Waals surface area contributed by atoms with Crippen LogP contribution in [-0.4, -0.2) is 82.2 Å². The molecule has 10 nitrogen and oxygen atoms in total. The Kier molecular flexibility index (Phi) is 5.53. The molecule has 190 valence electrons. The van der Waals surface area contributed by atoms with Gasteiger partial charge in [0.15, 0.2) is 17.2 Å². The highest BCUT2D eigenvalue weighted by molar-refractivity contribution is 5.96. The number of pyridine rings is 1. The Hall–Kier alpha value is -3.37. The molecule has 0 radical (unpaired) electrons. The highest BCUT2D eigenvalue weighted by Crippen LogP contribution is 2.43. The van der Waals surface area contributed by atoms with E-state index in [-0.39, 0.29) is 30.7 Å². The first-order chi connectivity index (χ1) is 17.4. The van der Waals surface area contributed by atoms with Crippen LogP contribution in [0.2, 0.25) is 0 Å². The fourth-order valence-electron chi connectivity index (χ4n) is 5.80. The normalized spacial score (nSPS) is 26.5. The average Bonchev–Trinajstić information content (AvgIpc) is 3.59. The van der Waals surface area contributed by atoms with Crippen LogP contribution in [0.15, 0.2) is 18.3 Å². The van der Waals surface area contributed by atoms with Crippen LogP contribution >= 0.6 is 0 Å². The number of ether oxygens (including phenoxy) is 2. The Bertz CT molecular complexity index is 1290. The topological polar surface area (TPSA) is 108 Å². The number of nitrogens with zero attached hydrogens (tertiary/aromatic N) is 7. The number of nitriles is 1. The Morgan fingerprint density at radius 3 is 2.64 bits per heavy atom. The van der Waals surface area contributed by atoms with Crippen molar-refractivity contribution in [1.29, 1.82) is 5.26 Å². The van der Waals surface area contributed by atoms with Crippen molar-refractivity contribution >= 4 is 22.5 Å². The molecule has 1 N–H and O–H groups in total. The fraction of sp³-hybridized carbons (Fsp3) is 0.565. The molecule has 2 bridgehead atoms. The van der Waals surface area contributed by atoms with Gasteiger partial charge in [0, 0.05) is 32.2 Å². The second kappa shape index (κ2) is 8.63. The number of nitrogens with one attached hydrogen (secondary N) is 1. The molecule has 13 heteroatoms. The van der Waals surface area contributed by atoms with Gasteiger partial charge in [-0.15, -0.1) is 0 Å². The van der Waals surface area contributed by atoms with Crippen LogP contribution in [-0.2, 0) is 9.47 Å². The summed E-state index contributed by atoms with van der Waals surface area (Å²) < 4.78 is 55.5. The summed E-state index contributed by atoms with van der Waals surface area (Å²) in [6.07, 6.45) is -1.36. The highest BCUT2D eigenvalue weighted by Gasteiger charge is 2.48. The summed E-state index contributed by atoms with van der Waals surface area (Å²) in [6.45, 7) is 1.20. The van der Waals surface area contributed by atoms with Crippen molar-refractivity contribution in [3.63, 3.8) is 0 Å². The molecule has 0 aliphatic carbocycles. The molecule has 3 fully saturated rings. The van der Waals surface area contributed by atoms with Crippen molar-refractivity contribution in [2.24, 2.45) is 0 Å². The van der Waals surface area contributed by atoms with Gasteiger partial charge in [0.05, 0.1) is 48.7 Å². The van der Waals surface area contributed by atoms with Gasteiger partial charge < -0.3 is 19.3 Å². The summed E-state index contributed by atoms with van der Waals surface area (Å²) in [5.41, 5.74) is 0.623. The maximum Gasteiger partial charge on any atom is 0.408 e. The van der Waals surface area contributed by atoms with Gasteiger partial charge in [-0.05, 0) is 19.3 Å². The van der Waals surface area contributed by atoms with Crippen LogP contribution in [0.25, 0.3) is 16.9 Å². The Morgan fingerprint density at radius 1 is 1.22 bits per heavy atom. The molecule has 4 atom stereocenters. The molecule has 0 aromatic carbocycles. The molecule has 36 heavy (non-hydrogen) atoms. The summed E-state index contributed by atoms with van der Waals surface area (Å²) in [4.78, 5) is 8.39. The second-order valence-corrected chi connectivity index (χ2v) is 9.47. The molecule has 3 saturated heterocycles. The fourth-order valence-corrected chi connectivity index (χ4v) is 5.80. The van der Waals surface area contributed by atoms with Crippen LogP contribution in [0.3, 0.4) is 0 Å². The minimum absolute atomic E-state index is 0.00777. The number of H-pyrrole nitrogens is 1. The number of aromatic amines is 1. The Balaban J connectivity index is 1.58. The smallest absolute Gasteiger partial charge is 0.381 e. The number of halogens is 3. The minimum Gasteiger partial charge on any atom is -0.381 e. The van der Waals surface area contributed by atoms with Crippen molar-refractivity contribution in [2.75, 3.05) is 36.7 Å². The van der Waals surface area contributed by atoms with Gasteiger partial charge in [-0.1, -0.05) is 0 Å². The van der Waals surface area contributed by atoms with Gasteiger partial charge in [0.25, 0.3) is 0 Å². The lowest BCUT2D eigenvalue weighted by atomic mass is 9.97. The van der Waals surface area contributed by atoms with Gasteiger partial charge in [-0.2, -0.15) is 33.3 Å². The number of alkyl halides is 3. The summed E-state index contributed by atoms with van der Waals surface area (Å²) in [5.74, 6) is 1.03. The lowest BCUT2D eigenvalue weighted by Gasteiger charge is -2.42. The second-order valence-electron chi connectivity index (χ2n) is 9.47.